The van der Waals surface area contributed by atoms with Crippen molar-refractivity contribution in [2.45, 2.75) is 5.38 Å². The van der Waals surface area contributed by atoms with E-state index in [0.717, 1.165) is 12.1 Å². The van der Waals surface area contributed by atoms with E-state index in [9.17, 15) is 13.6 Å². The highest BCUT2D eigenvalue weighted by molar-refractivity contribution is 9.10. The molecule has 7 heteroatoms. The molecule has 0 amide bonds. The van der Waals surface area contributed by atoms with E-state index in [0.29, 0.717) is 21.1 Å². The molecular formula is C14H8BrClF2N2O. The Morgan fingerprint density at radius 2 is 1.67 bits per heavy atom. The van der Waals surface area contributed by atoms with Crippen LogP contribution >= 0.6 is 27.5 Å². The Morgan fingerprint density at radius 3 is 2.33 bits per heavy atom. The Morgan fingerprint density at radius 1 is 1.05 bits per heavy atom. The lowest BCUT2D eigenvalue weighted by atomic mass is 10.0. The van der Waals surface area contributed by atoms with Crippen molar-refractivity contribution in [1.29, 1.82) is 0 Å². The zero-order chi connectivity index (χ0) is 15.1. The number of fused-ring (bicyclic) bond motifs is 1. The number of H-pyrrole nitrogens is 2. The number of alkyl halides is 1. The van der Waals surface area contributed by atoms with Crippen molar-refractivity contribution < 1.29 is 8.78 Å². The second kappa shape index (κ2) is 5.27. The Kier molecular flexibility index (Phi) is 3.59. The molecule has 0 radical (unpaired) electrons. The van der Waals surface area contributed by atoms with Crippen LogP contribution in [0.25, 0.3) is 11.0 Å². The summed E-state index contributed by atoms with van der Waals surface area (Å²) in [6, 6.07) is 7.15. The van der Waals surface area contributed by atoms with Gasteiger partial charge in [-0.2, -0.15) is 0 Å². The van der Waals surface area contributed by atoms with Crippen LogP contribution in [0.2, 0.25) is 0 Å². The predicted octanol–water partition coefficient (Wildman–Crippen LogP) is 4.23. The summed E-state index contributed by atoms with van der Waals surface area (Å²) in [6.07, 6.45) is 0. The van der Waals surface area contributed by atoms with Gasteiger partial charge in [0.05, 0.1) is 16.4 Å². The van der Waals surface area contributed by atoms with Gasteiger partial charge in [0.25, 0.3) is 0 Å². The van der Waals surface area contributed by atoms with Gasteiger partial charge in [0.1, 0.15) is 11.6 Å². The summed E-state index contributed by atoms with van der Waals surface area (Å²) in [6.45, 7) is 0. The van der Waals surface area contributed by atoms with Crippen LogP contribution in [0, 0.1) is 11.6 Å². The van der Waals surface area contributed by atoms with Gasteiger partial charge in [0.15, 0.2) is 0 Å². The van der Waals surface area contributed by atoms with Crippen molar-refractivity contribution in [2.75, 3.05) is 0 Å². The number of halogens is 4. The minimum atomic E-state index is -0.999. The lowest BCUT2D eigenvalue weighted by Crippen LogP contribution is -2.01. The topological polar surface area (TPSA) is 48.6 Å². The summed E-state index contributed by atoms with van der Waals surface area (Å²) in [4.78, 5) is 16.4. The van der Waals surface area contributed by atoms with Crippen LogP contribution in [0.5, 0.6) is 0 Å². The lowest BCUT2D eigenvalue weighted by Gasteiger charge is -2.13. The van der Waals surface area contributed by atoms with Gasteiger partial charge in [0.2, 0.25) is 0 Å². The van der Waals surface area contributed by atoms with Crippen molar-refractivity contribution in [3.8, 4) is 0 Å². The molecule has 1 atom stereocenters. The Bertz CT molecular complexity index is 867. The van der Waals surface area contributed by atoms with Gasteiger partial charge in [-0.25, -0.2) is 13.6 Å². The third kappa shape index (κ3) is 2.61. The second-order valence-corrected chi connectivity index (χ2v) is 5.88. The van der Waals surface area contributed by atoms with Gasteiger partial charge in [-0.05, 0) is 29.8 Å². The van der Waals surface area contributed by atoms with Gasteiger partial charge in [-0.15, -0.1) is 11.6 Å². The molecule has 0 aliphatic rings. The molecule has 1 heterocycles. The Hall–Kier alpha value is -1.66. The summed E-state index contributed by atoms with van der Waals surface area (Å²) in [5.74, 6) is -1.46. The van der Waals surface area contributed by atoms with Gasteiger partial charge in [-0.3, -0.25) is 0 Å². The van der Waals surface area contributed by atoms with Gasteiger partial charge in [0, 0.05) is 10.0 Å². The summed E-state index contributed by atoms with van der Waals surface area (Å²) < 4.78 is 28.2. The van der Waals surface area contributed by atoms with Gasteiger partial charge in [-0.1, -0.05) is 22.0 Å². The molecule has 0 bridgehead atoms. The number of hydrogen-bond acceptors (Lipinski definition) is 1. The maximum atomic E-state index is 13.9. The molecule has 3 aromatic rings. The first-order chi connectivity index (χ1) is 9.95. The molecule has 1 aromatic heterocycles. The maximum absolute atomic E-state index is 13.9. The average Bonchev–Trinajstić information content (AvgIpc) is 2.76. The molecule has 2 aromatic carbocycles. The fourth-order valence-electron chi connectivity index (χ4n) is 2.17. The average molecular weight is 374 g/mol. The Balaban J connectivity index is 2.11. The van der Waals surface area contributed by atoms with Crippen molar-refractivity contribution in [3.05, 3.63) is 68.1 Å². The van der Waals surface area contributed by atoms with E-state index in [4.69, 9.17) is 11.6 Å². The largest absolute Gasteiger partial charge is 0.323 e. The number of aromatic nitrogens is 2. The van der Waals surface area contributed by atoms with Crippen LogP contribution in [0.15, 0.2) is 39.6 Å². The fourth-order valence-corrected chi connectivity index (χ4v) is 2.92. The number of nitrogens with one attached hydrogen (secondary N) is 2. The molecule has 0 aliphatic carbocycles. The quantitative estimate of drug-likeness (QED) is 0.649. The summed E-state index contributed by atoms with van der Waals surface area (Å²) in [5, 5.41) is -0.999. The van der Waals surface area contributed by atoms with Crippen LogP contribution in [0.4, 0.5) is 8.78 Å². The standard InChI is InChI=1S/C14H8BrClF2N2O/c15-7-4-8(17)12(9(18)5-7)13(16)6-1-2-10-11(3-6)20-14(21)19-10/h1-5,13H,(H2,19,20,21). The molecular weight excluding hydrogens is 366 g/mol. The zero-order valence-corrected chi connectivity index (χ0v) is 12.7. The highest BCUT2D eigenvalue weighted by atomic mass is 79.9. The van der Waals surface area contributed by atoms with Crippen molar-refractivity contribution in [3.63, 3.8) is 0 Å². The number of benzene rings is 2. The van der Waals surface area contributed by atoms with Crippen LogP contribution in [0.1, 0.15) is 16.5 Å². The van der Waals surface area contributed by atoms with Crippen LogP contribution < -0.4 is 5.69 Å². The first-order valence-corrected chi connectivity index (χ1v) is 7.19. The third-order valence-corrected chi connectivity index (χ3v) is 4.06. The zero-order valence-electron chi connectivity index (χ0n) is 10.4. The van der Waals surface area contributed by atoms with Crippen molar-refractivity contribution in [2.24, 2.45) is 0 Å². The lowest BCUT2D eigenvalue weighted by molar-refractivity contribution is 0.558. The summed E-state index contributed by atoms with van der Waals surface area (Å²) in [7, 11) is 0. The maximum Gasteiger partial charge on any atom is 0.323 e. The van der Waals surface area contributed by atoms with Crippen LogP contribution in [0.3, 0.4) is 0 Å². The minimum absolute atomic E-state index is 0.225. The molecule has 0 fully saturated rings. The van der Waals surface area contributed by atoms with Crippen molar-refractivity contribution >= 4 is 38.6 Å². The molecule has 108 valence electrons. The highest BCUT2D eigenvalue weighted by Crippen LogP contribution is 2.34. The van der Waals surface area contributed by atoms with E-state index in [1.165, 1.54) is 0 Å². The molecule has 1 unspecified atom stereocenters. The number of rotatable bonds is 2. The van der Waals surface area contributed by atoms with E-state index in [-0.39, 0.29) is 11.3 Å². The SMILES string of the molecule is O=c1[nH]c2ccc(C(Cl)c3c(F)cc(Br)cc3F)cc2[nH]1. The van der Waals surface area contributed by atoms with E-state index in [2.05, 4.69) is 25.9 Å². The van der Waals surface area contributed by atoms with E-state index in [1.54, 1.807) is 18.2 Å². The molecule has 0 saturated heterocycles. The predicted molar refractivity (Wildman–Crippen MR) is 80.7 cm³/mol. The normalized spacial score (nSPS) is 12.8. The van der Waals surface area contributed by atoms with Gasteiger partial charge >= 0.3 is 5.69 Å². The third-order valence-electron chi connectivity index (χ3n) is 3.13. The van der Waals surface area contributed by atoms with Crippen molar-refractivity contribution in [1.82, 2.24) is 9.97 Å². The number of imidazole rings is 1. The minimum Gasteiger partial charge on any atom is -0.306 e. The molecule has 3 rings (SSSR count). The number of aromatic amines is 2. The molecule has 0 spiro atoms. The molecule has 2 N–H and O–H groups in total. The van der Waals surface area contributed by atoms with Gasteiger partial charge < -0.3 is 9.97 Å². The first kappa shape index (κ1) is 14.3. The highest BCUT2D eigenvalue weighted by Gasteiger charge is 2.21. The van der Waals surface area contributed by atoms with Crippen LogP contribution in [-0.4, -0.2) is 9.97 Å². The molecule has 3 nitrogen and oxygen atoms in total. The molecule has 21 heavy (non-hydrogen) atoms. The molecule has 0 aliphatic heterocycles. The van der Waals surface area contributed by atoms with E-state index >= 15 is 0 Å². The van der Waals surface area contributed by atoms with Crippen LogP contribution in [-0.2, 0) is 0 Å². The summed E-state index contributed by atoms with van der Waals surface area (Å²) in [5.41, 5.74) is 1.04. The Labute approximate surface area is 131 Å². The first-order valence-electron chi connectivity index (χ1n) is 5.96. The fraction of sp³-hybridized carbons (Fsp3) is 0.0714. The second-order valence-electron chi connectivity index (χ2n) is 4.53. The number of hydrogen-bond donors (Lipinski definition) is 2. The monoisotopic (exact) mass is 372 g/mol. The smallest absolute Gasteiger partial charge is 0.306 e. The summed E-state index contributed by atoms with van der Waals surface area (Å²) >= 11 is 9.23. The molecule has 0 saturated carbocycles. The van der Waals surface area contributed by atoms with E-state index in [1.807, 2.05) is 0 Å². The van der Waals surface area contributed by atoms with E-state index < -0.39 is 17.0 Å².